The molecule has 1 amide bonds. The Labute approximate surface area is 136 Å². The minimum absolute atomic E-state index is 0.0537. The molecule has 0 radical (unpaired) electrons. The highest BCUT2D eigenvalue weighted by molar-refractivity contribution is 5.88. The maximum absolute atomic E-state index is 11.4. The topological polar surface area (TPSA) is 88.5 Å². The molecular formula is C17H24N2O4. The number of nitrogens with zero attached hydrogens (tertiary/aromatic N) is 1. The molecule has 126 valence electrons. The number of pyridine rings is 1. The Hall–Kier alpha value is -2.63. The quantitative estimate of drug-likeness (QED) is 0.376. The molecule has 1 rings (SSSR count). The molecule has 0 aliphatic rings. The zero-order chi connectivity index (χ0) is 17.8. The largest absolute Gasteiger partial charge is 0.508 e. The van der Waals surface area contributed by atoms with Crippen LogP contribution in [0.3, 0.4) is 0 Å². The minimum Gasteiger partial charge on any atom is -0.508 e. The lowest BCUT2D eigenvalue weighted by molar-refractivity contribution is -0.108. The van der Waals surface area contributed by atoms with Crippen molar-refractivity contribution in [1.82, 2.24) is 10.3 Å². The number of hydrogen-bond donors (Lipinski definition) is 2. The van der Waals surface area contributed by atoms with Crippen molar-refractivity contribution >= 4 is 18.5 Å². The molecule has 6 nitrogen and oxygen atoms in total. The van der Waals surface area contributed by atoms with Crippen LogP contribution in [0, 0.1) is 6.92 Å². The van der Waals surface area contributed by atoms with Crippen LogP contribution in [0.2, 0.25) is 0 Å². The number of hydrogen-bond acceptors (Lipinski definition) is 5. The molecule has 0 bridgehead atoms. The number of methoxy groups -OCH3 is 1. The predicted octanol–water partition coefficient (Wildman–Crippen LogP) is 3.14. The lowest BCUT2D eigenvalue weighted by Crippen LogP contribution is -2.07. The maximum atomic E-state index is 11.4. The second-order valence-electron chi connectivity index (χ2n) is 4.78. The number of carbonyl (C=O) groups excluding carboxylic acids is 2. The standard InChI is InChI=1S/C14H16N2O4.C3H8/c1-9-7-15-13(14(19)20-3)6-11(9)5-12(18)4-10(2)16-8-17;1-3-2/h4-8,18H,1-3H3,(H,16,17);3H2,1-2H3/b10-4-,12-5+;. The van der Waals surface area contributed by atoms with Crippen molar-refractivity contribution < 1.29 is 19.4 Å². The van der Waals surface area contributed by atoms with Crippen molar-refractivity contribution in [1.29, 1.82) is 0 Å². The summed E-state index contributed by atoms with van der Waals surface area (Å²) in [6.45, 7) is 7.69. The lowest BCUT2D eigenvalue weighted by Gasteiger charge is -2.04. The van der Waals surface area contributed by atoms with Gasteiger partial charge >= 0.3 is 5.97 Å². The smallest absolute Gasteiger partial charge is 0.356 e. The van der Waals surface area contributed by atoms with Gasteiger partial charge in [0.05, 0.1) is 7.11 Å². The van der Waals surface area contributed by atoms with Gasteiger partial charge in [0.15, 0.2) is 0 Å². The van der Waals surface area contributed by atoms with Crippen LogP contribution < -0.4 is 5.32 Å². The summed E-state index contributed by atoms with van der Waals surface area (Å²) in [6.07, 6.45) is 6.16. The van der Waals surface area contributed by atoms with E-state index in [1.165, 1.54) is 37.9 Å². The van der Waals surface area contributed by atoms with Crippen LogP contribution in [0.25, 0.3) is 6.08 Å². The molecule has 1 heterocycles. The zero-order valence-electron chi connectivity index (χ0n) is 14.2. The average Bonchev–Trinajstić information content (AvgIpc) is 2.49. The number of esters is 1. The van der Waals surface area contributed by atoms with Crippen molar-refractivity contribution in [3.63, 3.8) is 0 Å². The molecule has 23 heavy (non-hydrogen) atoms. The van der Waals surface area contributed by atoms with Crippen molar-refractivity contribution in [2.75, 3.05) is 7.11 Å². The summed E-state index contributed by atoms with van der Waals surface area (Å²) in [5.74, 6) is -0.601. The Morgan fingerprint density at radius 2 is 2.04 bits per heavy atom. The number of aliphatic hydroxyl groups is 1. The van der Waals surface area contributed by atoms with Crippen molar-refractivity contribution in [2.45, 2.75) is 34.1 Å². The third-order valence-electron chi connectivity index (χ3n) is 2.49. The Morgan fingerprint density at radius 3 is 2.57 bits per heavy atom. The molecule has 0 aromatic carbocycles. The first kappa shape index (κ1) is 20.4. The van der Waals surface area contributed by atoms with E-state index in [1.807, 2.05) is 0 Å². The number of nitrogens with one attached hydrogen (secondary N) is 1. The number of ether oxygens (including phenoxy) is 1. The van der Waals surface area contributed by atoms with Crippen molar-refractivity contribution in [3.05, 3.63) is 46.6 Å². The third-order valence-corrected chi connectivity index (χ3v) is 2.49. The number of aryl methyl sites for hydroxylation is 1. The molecule has 0 atom stereocenters. The van der Waals surface area contributed by atoms with E-state index in [9.17, 15) is 14.7 Å². The first-order chi connectivity index (χ1) is 10.9. The summed E-state index contributed by atoms with van der Waals surface area (Å²) in [5.41, 5.74) is 2.07. The normalized spacial score (nSPS) is 11.2. The molecule has 0 saturated carbocycles. The van der Waals surface area contributed by atoms with Gasteiger partial charge in [-0.05, 0) is 43.2 Å². The molecule has 1 aromatic heterocycles. The fourth-order valence-corrected chi connectivity index (χ4v) is 1.47. The molecular weight excluding hydrogens is 296 g/mol. The summed E-state index contributed by atoms with van der Waals surface area (Å²) < 4.78 is 4.59. The van der Waals surface area contributed by atoms with E-state index in [4.69, 9.17) is 0 Å². The summed E-state index contributed by atoms with van der Waals surface area (Å²) in [4.78, 5) is 25.6. The van der Waals surface area contributed by atoms with Crippen LogP contribution in [0.1, 0.15) is 48.8 Å². The minimum atomic E-state index is -0.548. The van der Waals surface area contributed by atoms with Crippen LogP contribution in [0.15, 0.2) is 29.8 Å². The van der Waals surface area contributed by atoms with E-state index in [2.05, 4.69) is 28.9 Å². The first-order valence-electron chi connectivity index (χ1n) is 7.23. The lowest BCUT2D eigenvalue weighted by atomic mass is 10.1. The number of aromatic nitrogens is 1. The second kappa shape index (κ2) is 11.0. The maximum Gasteiger partial charge on any atom is 0.356 e. The predicted molar refractivity (Wildman–Crippen MR) is 89.8 cm³/mol. The Balaban J connectivity index is 0.00000149. The summed E-state index contributed by atoms with van der Waals surface area (Å²) >= 11 is 0. The highest BCUT2D eigenvalue weighted by Crippen LogP contribution is 2.14. The molecule has 0 fully saturated rings. The molecule has 6 heteroatoms. The second-order valence-corrected chi connectivity index (χ2v) is 4.78. The van der Waals surface area contributed by atoms with E-state index in [-0.39, 0.29) is 11.5 Å². The van der Waals surface area contributed by atoms with Gasteiger partial charge in [-0.1, -0.05) is 20.3 Å². The highest BCUT2D eigenvalue weighted by Gasteiger charge is 2.09. The van der Waals surface area contributed by atoms with E-state index in [0.717, 1.165) is 5.56 Å². The number of allylic oxidation sites excluding steroid dienone is 2. The molecule has 0 spiro atoms. The molecule has 1 aromatic rings. The van der Waals surface area contributed by atoms with E-state index in [1.54, 1.807) is 13.8 Å². The Kier molecular flexibility index (Phi) is 9.75. The highest BCUT2D eigenvalue weighted by atomic mass is 16.5. The van der Waals surface area contributed by atoms with E-state index in [0.29, 0.717) is 17.7 Å². The van der Waals surface area contributed by atoms with E-state index >= 15 is 0 Å². The third kappa shape index (κ3) is 7.80. The van der Waals surface area contributed by atoms with Gasteiger partial charge in [-0.15, -0.1) is 0 Å². The Morgan fingerprint density at radius 1 is 1.43 bits per heavy atom. The zero-order valence-corrected chi connectivity index (χ0v) is 14.2. The SMILES string of the molecule is CCC.COC(=O)c1cc(/C=C(O)\C=C(\C)NC=O)c(C)cn1. The first-order valence-corrected chi connectivity index (χ1v) is 7.23. The van der Waals surface area contributed by atoms with Gasteiger partial charge < -0.3 is 15.2 Å². The van der Waals surface area contributed by atoms with Gasteiger partial charge in [0.1, 0.15) is 11.5 Å². The summed E-state index contributed by atoms with van der Waals surface area (Å²) in [6, 6.07) is 1.52. The number of carbonyl (C=O) groups is 2. The number of aliphatic hydroxyl groups excluding tert-OH is 1. The van der Waals surface area contributed by atoms with Crippen molar-refractivity contribution in [3.8, 4) is 0 Å². The van der Waals surface area contributed by atoms with Gasteiger partial charge in [0, 0.05) is 11.9 Å². The van der Waals surface area contributed by atoms with Crippen molar-refractivity contribution in [2.24, 2.45) is 0 Å². The van der Waals surface area contributed by atoms with Crippen LogP contribution in [0.5, 0.6) is 0 Å². The average molecular weight is 320 g/mol. The van der Waals surface area contributed by atoms with Gasteiger partial charge in [-0.25, -0.2) is 9.78 Å². The molecule has 0 unspecified atom stereocenters. The van der Waals surface area contributed by atoms with Crippen LogP contribution in [-0.4, -0.2) is 29.6 Å². The molecule has 0 aliphatic heterocycles. The molecule has 0 aliphatic carbocycles. The van der Waals surface area contributed by atoms with E-state index < -0.39 is 5.97 Å². The van der Waals surface area contributed by atoms with Crippen LogP contribution in [0.4, 0.5) is 0 Å². The van der Waals surface area contributed by atoms with Gasteiger partial charge in [0.2, 0.25) is 6.41 Å². The fourth-order valence-electron chi connectivity index (χ4n) is 1.47. The van der Waals surface area contributed by atoms with Crippen LogP contribution >= 0.6 is 0 Å². The Bertz CT molecular complexity index is 592. The monoisotopic (exact) mass is 320 g/mol. The number of rotatable bonds is 5. The number of amides is 1. The molecule has 0 saturated heterocycles. The molecule has 2 N–H and O–H groups in total. The summed E-state index contributed by atoms with van der Waals surface area (Å²) in [7, 11) is 1.27. The van der Waals surface area contributed by atoms with Crippen LogP contribution in [-0.2, 0) is 9.53 Å². The van der Waals surface area contributed by atoms with Gasteiger partial charge in [-0.2, -0.15) is 0 Å². The van der Waals surface area contributed by atoms with Gasteiger partial charge in [-0.3, -0.25) is 4.79 Å². The fraction of sp³-hybridized carbons (Fsp3) is 0.353. The van der Waals surface area contributed by atoms with Gasteiger partial charge in [0.25, 0.3) is 0 Å². The summed E-state index contributed by atoms with van der Waals surface area (Å²) in [5, 5.41) is 12.2.